The third kappa shape index (κ3) is 1.29. The first kappa shape index (κ1) is 9.61. The molecule has 0 saturated carbocycles. The van der Waals surface area contributed by atoms with Crippen molar-refractivity contribution in [1.82, 2.24) is 0 Å². The van der Waals surface area contributed by atoms with Gasteiger partial charge in [-0.3, -0.25) is 0 Å². The predicted molar refractivity (Wildman–Crippen MR) is 64.2 cm³/mol. The second-order valence-electron chi connectivity index (χ2n) is 4.23. The fraction of sp³-hybridized carbons (Fsp3) is 0.200. The molecule has 1 unspecified atom stereocenters. The van der Waals surface area contributed by atoms with Crippen LogP contribution in [0.5, 0.6) is 0 Å². The number of benzene rings is 2. The van der Waals surface area contributed by atoms with E-state index in [0.29, 0.717) is 0 Å². The average molecular weight is 210 g/mol. The van der Waals surface area contributed by atoms with Gasteiger partial charge in [0.05, 0.1) is 6.10 Å². The lowest BCUT2D eigenvalue weighted by Gasteiger charge is -2.13. The van der Waals surface area contributed by atoms with Gasteiger partial charge in [-0.05, 0) is 18.1 Å². The zero-order chi connectivity index (χ0) is 11.0. The first-order valence-corrected chi connectivity index (χ1v) is 5.63. The Labute approximate surface area is 95.7 Å². The van der Waals surface area contributed by atoms with Crippen LogP contribution in [0.3, 0.4) is 0 Å². The summed E-state index contributed by atoms with van der Waals surface area (Å²) in [5.74, 6) is 0. The third-order valence-corrected chi connectivity index (χ3v) is 3.28. The molecule has 0 N–H and O–H groups in total. The van der Waals surface area contributed by atoms with Gasteiger partial charge in [-0.15, -0.1) is 0 Å². The quantitative estimate of drug-likeness (QED) is 0.692. The van der Waals surface area contributed by atoms with Gasteiger partial charge in [0.1, 0.15) is 5.60 Å². The lowest BCUT2D eigenvalue weighted by molar-refractivity contribution is 0.332. The lowest BCUT2D eigenvalue weighted by Crippen LogP contribution is -2.13. The topological polar surface area (TPSA) is 12.5 Å². The van der Waals surface area contributed by atoms with Crippen molar-refractivity contribution in [2.24, 2.45) is 0 Å². The van der Waals surface area contributed by atoms with E-state index in [9.17, 15) is 0 Å². The molecule has 0 radical (unpaired) electrons. The number of epoxide rings is 1. The van der Waals surface area contributed by atoms with Gasteiger partial charge < -0.3 is 4.74 Å². The molecule has 0 aliphatic carbocycles. The molecule has 1 aliphatic rings. The van der Waals surface area contributed by atoms with Crippen LogP contribution in [0, 0.1) is 0 Å². The Hall–Kier alpha value is -1.60. The van der Waals surface area contributed by atoms with E-state index < -0.39 is 0 Å². The van der Waals surface area contributed by atoms with Crippen LogP contribution in [-0.2, 0) is 10.3 Å². The average Bonchev–Trinajstić information content (AvgIpc) is 3.05. The van der Waals surface area contributed by atoms with Gasteiger partial charge in [-0.25, -0.2) is 0 Å². The summed E-state index contributed by atoms with van der Waals surface area (Å²) in [7, 11) is 0. The molecule has 1 saturated heterocycles. The number of hydrogen-bond donors (Lipinski definition) is 0. The smallest absolute Gasteiger partial charge is 0.144 e. The van der Waals surface area contributed by atoms with E-state index >= 15 is 0 Å². The SMILES string of the molecule is CC1OC1(c1ccccc1)c1ccccc1. The van der Waals surface area contributed by atoms with Gasteiger partial charge in [0.2, 0.25) is 0 Å². The molecule has 80 valence electrons. The van der Waals surface area contributed by atoms with Crippen LogP contribution >= 0.6 is 0 Å². The van der Waals surface area contributed by atoms with Gasteiger partial charge in [0.25, 0.3) is 0 Å². The molecule has 2 aromatic carbocycles. The molecule has 2 aromatic rings. The van der Waals surface area contributed by atoms with Crippen molar-refractivity contribution in [3.63, 3.8) is 0 Å². The third-order valence-electron chi connectivity index (χ3n) is 3.28. The highest BCUT2D eigenvalue weighted by Gasteiger charge is 2.55. The maximum absolute atomic E-state index is 5.88. The van der Waals surface area contributed by atoms with Crippen molar-refractivity contribution in [2.45, 2.75) is 18.6 Å². The summed E-state index contributed by atoms with van der Waals surface area (Å²) in [4.78, 5) is 0. The van der Waals surface area contributed by atoms with Crippen molar-refractivity contribution in [3.05, 3.63) is 71.8 Å². The van der Waals surface area contributed by atoms with E-state index in [4.69, 9.17) is 4.74 Å². The highest BCUT2D eigenvalue weighted by molar-refractivity contribution is 5.42. The van der Waals surface area contributed by atoms with Gasteiger partial charge in [-0.1, -0.05) is 60.7 Å². The number of ether oxygens (including phenoxy) is 1. The first-order chi connectivity index (χ1) is 7.84. The molecular weight excluding hydrogens is 196 g/mol. The normalized spacial score (nSPS) is 21.7. The molecule has 0 bridgehead atoms. The number of rotatable bonds is 2. The number of hydrogen-bond acceptors (Lipinski definition) is 1. The molecule has 1 aliphatic heterocycles. The summed E-state index contributed by atoms with van der Waals surface area (Å²) < 4.78 is 5.88. The summed E-state index contributed by atoms with van der Waals surface area (Å²) in [5, 5.41) is 0. The summed E-state index contributed by atoms with van der Waals surface area (Å²) >= 11 is 0. The Bertz CT molecular complexity index is 436. The van der Waals surface area contributed by atoms with E-state index in [-0.39, 0.29) is 11.7 Å². The second-order valence-corrected chi connectivity index (χ2v) is 4.23. The van der Waals surface area contributed by atoms with E-state index in [1.165, 1.54) is 11.1 Å². The standard InChI is InChI=1S/C15H14O/c1-12-15(16-12,13-8-4-2-5-9-13)14-10-6-3-7-11-14/h2-12H,1H3. The minimum Gasteiger partial charge on any atom is -0.356 e. The van der Waals surface area contributed by atoms with Crippen LogP contribution < -0.4 is 0 Å². The maximum atomic E-state index is 5.88. The van der Waals surface area contributed by atoms with Crippen LogP contribution in [0.2, 0.25) is 0 Å². The van der Waals surface area contributed by atoms with Gasteiger partial charge in [-0.2, -0.15) is 0 Å². The van der Waals surface area contributed by atoms with E-state index in [2.05, 4.69) is 55.5 Å². The monoisotopic (exact) mass is 210 g/mol. The summed E-state index contributed by atoms with van der Waals surface area (Å²) in [6, 6.07) is 20.9. The zero-order valence-corrected chi connectivity index (χ0v) is 9.26. The second kappa shape index (κ2) is 3.46. The molecule has 16 heavy (non-hydrogen) atoms. The van der Waals surface area contributed by atoms with Crippen molar-refractivity contribution >= 4 is 0 Å². The van der Waals surface area contributed by atoms with Crippen molar-refractivity contribution in [3.8, 4) is 0 Å². The zero-order valence-electron chi connectivity index (χ0n) is 9.26. The molecule has 1 heteroatoms. The van der Waals surface area contributed by atoms with Crippen LogP contribution in [-0.4, -0.2) is 6.10 Å². The fourth-order valence-electron chi connectivity index (χ4n) is 2.39. The minimum absolute atomic E-state index is 0.206. The molecule has 3 rings (SSSR count). The van der Waals surface area contributed by atoms with Crippen LogP contribution in [0.15, 0.2) is 60.7 Å². The Morgan fingerprint density at radius 3 is 1.50 bits per heavy atom. The Morgan fingerprint density at radius 1 is 0.812 bits per heavy atom. The maximum Gasteiger partial charge on any atom is 0.144 e. The lowest BCUT2D eigenvalue weighted by atomic mass is 9.88. The van der Waals surface area contributed by atoms with Crippen LogP contribution in [0.1, 0.15) is 18.1 Å². The Morgan fingerprint density at radius 2 is 1.19 bits per heavy atom. The van der Waals surface area contributed by atoms with Gasteiger partial charge in [0.15, 0.2) is 0 Å². The largest absolute Gasteiger partial charge is 0.356 e. The molecule has 1 heterocycles. The van der Waals surface area contributed by atoms with Crippen molar-refractivity contribution in [1.29, 1.82) is 0 Å². The summed E-state index contributed by atoms with van der Waals surface area (Å²) in [6.45, 7) is 2.12. The minimum atomic E-state index is -0.206. The van der Waals surface area contributed by atoms with Crippen molar-refractivity contribution in [2.75, 3.05) is 0 Å². The van der Waals surface area contributed by atoms with Crippen LogP contribution in [0.25, 0.3) is 0 Å². The molecule has 1 nitrogen and oxygen atoms in total. The first-order valence-electron chi connectivity index (χ1n) is 5.63. The Balaban J connectivity index is 2.10. The van der Waals surface area contributed by atoms with E-state index in [1.807, 2.05) is 12.1 Å². The van der Waals surface area contributed by atoms with Crippen molar-refractivity contribution < 1.29 is 4.74 Å². The van der Waals surface area contributed by atoms with Gasteiger partial charge in [0, 0.05) is 0 Å². The molecular formula is C15H14O. The molecule has 1 atom stereocenters. The highest BCUT2D eigenvalue weighted by atomic mass is 16.6. The Kier molecular flexibility index (Phi) is 2.08. The highest BCUT2D eigenvalue weighted by Crippen LogP contribution is 2.51. The van der Waals surface area contributed by atoms with Crippen LogP contribution in [0.4, 0.5) is 0 Å². The summed E-state index contributed by atoms with van der Waals surface area (Å²) in [6.07, 6.45) is 0.261. The van der Waals surface area contributed by atoms with Gasteiger partial charge >= 0.3 is 0 Å². The molecule has 0 amide bonds. The fourth-order valence-corrected chi connectivity index (χ4v) is 2.39. The van der Waals surface area contributed by atoms with E-state index in [1.54, 1.807) is 0 Å². The summed E-state index contributed by atoms with van der Waals surface area (Å²) in [5.41, 5.74) is 2.28. The molecule has 0 spiro atoms. The predicted octanol–water partition coefficient (Wildman–Crippen LogP) is 3.35. The van der Waals surface area contributed by atoms with E-state index in [0.717, 1.165) is 0 Å². The molecule has 1 fully saturated rings. The molecule has 0 aromatic heterocycles.